The minimum atomic E-state index is -3.65. The molecular weight excluding hydrogens is 312 g/mol. The average Bonchev–Trinajstić information content (AvgIpc) is 2.47. The van der Waals surface area contributed by atoms with Crippen LogP contribution in [0.2, 0.25) is 5.02 Å². The van der Waals surface area contributed by atoms with E-state index in [1.54, 1.807) is 25.1 Å². The predicted octanol–water partition coefficient (Wildman–Crippen LogP) is 1.43. The monoisotopic (exact) mass is 330 g/mol. The van der Waals surface area contributed by atoms with Gasteiger partial charge in [0.25, 0.3) is 0 Å². The summed E-state index contributed by atoms with van der Waals surface area (Å²) in [6, 6.07) is 4.30. The van der Waals surface area contributed by atoms with Gasteiger partial charge in [-0.25, -0.2) is 13.1 Å². The Bertz CT molecular complexity index is 650. The van der Waals surface area contributed by atoms with Crippen molar-refractivity contribution in [3.63, 3.8) is 0 Å². The van der Waals surface area contributed by atoms with Gasteiger partial charge in [0, 0.05) is 23.6 Å². The highest BCUT2D eigenvalue weighted by Gasteiger charge is 2.52. The van der Waals surface area contributed by atoms with Crippen LogP contribution in [0, 0.1) is 12.8 Å². The first-order valence-electron chi connectivity index (χ1n) is 7.06. The van der Waals surface area contributed by atoms with Gasteiger partial charge in [0.1, 0.15) is 0 Å². The highest BCUT2D eigenvalue weighted by molar-refractivity contribution is 7.89. The molecule has 1 aliphatic heterocycles. The third kappa shape index (κ3) is 2.59. The SMILES string of the molecule is Cc1c(Cl)cccc1S(=O)(=O)NC1C(N)C2CCCOC21. The van der Waals surface area contributed by atoms with Crippen LogP contribution in [-0.2, 0) is 14.8 Å². The second kappa shape index (κ2) is 5.52. The molecule has 0 bridgehead atoms. The van der Waals surface area contributed by atoms with Crippen molar-refractivity contribution in [3.05, 3.63) is 28.8 Å². The Labute approximate surface area is 129 Å². The maximum Gasteiger partial charge on any atom is 0.241 e. The largest absolute Gasteiger partial charge is 0.376 e. The van der Waals surface area contributed by atoms with Gasteiger partial charge in [0.15, 0.2) is 0 Å². The number of sulfonamides is 1. The molecule has 2 fully saturated rings. The summed E-state index contributed by atoms with van der Waals surface area (Å²) in [5, 5.41) is 0.433. The van der Waals surface area contributed by atoms with Gasteiger partial charge in [0.2, 0.25) is 10.0 Å². The minimum Gasteiger partial charge on any atom is -0.376 e. The topological polar surface area (TPSA) is 81.4 Å². The maximum absolute atomic E-state index is 12.5. The Balaban J connectivity index is 1.82. The lowest BCUT2D eigenvalue weighted by atomic mass is 9.69. The first kappa shape index (κ1) is 15.2. The normalized spacial score (nSPS) is 32.3. The summed E-state index contributed by atoms with van der Waals surface area (Å²) in [5.74, 6) is 0.256. The van der Waals surface area contributed by atoms with E-state index >= 15 is 0 Å². The van der Waals surface area contributed by atoms with Crippen LogP contribution in [0.5, 0.6) is 0 Å². The Kier molecular flexibility index (Phi) is 4.00. The zero-order valence-electron chi connectivity index (χ0n) is 11.8. The number of fused-ring (bicyclic) bond motifs is 1. The summed E-state index contributed by atoms with van der Waals surface area (Å²) in [6.45, 7) is 2.36. The van der Waals surface area contributed by atoms with E-state index in [1.807, 2.05) is 0 Å². The van der Waals surface area contributed by atoms with Crippen LogP contribution in [0.15, 0.2) is 23.1 Å². The molecular formula is C14H19ClN2O3S. The molecule has 1 aromatic rings. The minimum absolute atomic E-state index is 0.108. The van der Waals surface area contributed by atoms with Crippen molar-refractivity contribution in [2.24, 2.45) is 11.7 Å². The van der Waals surface area contributed by atoms with Crippen molar-refractivity contribution in [2.75, 3.05) is 6.61 Å². The van der Waals surface area contributed by atoms with E-state index in [4.69, 9.17) is 22.1 Å². The zero-order valence-corrected chi connectivity index (χ0v) is 13.3. The third-order valence-electron chi connectivity index (χ3n) is 4.48. The average molecular weight is 331 g/mol. The number of nitrogens with one attached hydrogen (secondary N) is 1. The molecule has 1 saturated carbocycles. The maximum atomic E-state index is 12.5. The number of halogens is 1. The van der Waals surface area contributed by atoms with Gasteiger partial charge in [-0.1, -0.05) is 17.7 Å². The summed E-state index contributed by atoms with van der Waals surface area (Å²) < 4.78 is 33.4. The quantitative estimate of drug-likeness (QED) is 0.878. The van der Waals surface area contributed by atoms with Gasteiger partial charge in [-0.05, 0) is 37.5 Å². The van der Waals surface area contributed by atoms with E-state index in [2.05, 4.69) is 4.72 Å². The molecule has 1 heterocycles. The Morgan fingerprint density at radius 3 is 2.95 bits per heavy atom. The van der Waals surface area contributed by atoms with E-state index in [0.29, 0.717) is 17.2 Å². The molecule has 21 heavy (non-hydrogen) atoms. The van der Waals surface area contributed by atoms with Crippen LogP contribution >= 0.6 is 11.6 Å². The molecule has 0 amide bonds. The number of rotatable bonds is 3. The lowest BCUT2D eigenvalue weighted by Gasteiger charge is -2.52. The highest BCUT2D eigenvalue weighted by atomic mass is 35.5. The van der Waals surface area contributed by atoms with Crippen LogP contribution in [-0.4, -0.2) is 33.2 Å². The van der Waals surface area contributed by atoms with Crippen LogP contribution in [0.1, 0.15) is 18.4 Å². The van der Waals surface area contributed by atoms with Crippen LogP contribution in [0.4, 0.5) is 0 Å². The fraction of sp³-hybridized carbons (Fsp3) is 0.571. The molecule has 0 radical (unpaired) electrons. The van der Waals surface area contributed by atoms with Crippen molar-refractivity contribution >= 4 is 21.6 Å². The predicted molar refractivity (Wildman–Crippen MR) is 80.7 cm³/mol. The molecule has 0 aromatic heterocycles. The van der Waals surface area contributed by atoms with Crippen molar-refractivity contribution in [3.8, 4) is 0 Å². The molecule has 2 aliphatic rings. The lowest BCUT2D eigenvalue weighted by molar-refractivity contribution is -0.114. The third-order valence-corrected chi connectivity index (χ3v) is 6.49. The molecule has 0 spiro atoms. The van der Waals surface area contributed by atoms with E-state index in [1.165, 1.54) is 0 Å². The molecule has 7 heteroatoms. The van der Waals surface area contributed by atoms with Crippen LogP contribution in [0.25, 0.3) is 0 Å². The van der Waals surface area contributed by atoms with E-state index in [0.717, 1.165) is 12.8 Å². The first-order chi connectivity index (χ1) is 9.92. The Hall–Kier alpha value is -0.660. The van der Waals surface area contributed by atoms with Crippen LogP contribution < -0.4 is 10.5 Å². The van der Waals surface area contributed by atoms with Gasteiger partial charge in [-0.15, -0.1) is 0 Å². The van der Waals surface area contributed by atoms with Crippen molar-refractivity contribution in [2.45, 2.75) is 42.8 Å². The zero-order chi connectivity index (χ0) is 15.2. The molecule has 1 saturated heterocycles. The Morgan fingerprint density at radius 1 is 1.43 bits per heavy atom. The van der Waals surface area contributed by atoms with Crippen molar-refractivity contribution in [1.29, 1.82) is 0 Å². The molecule has 3 rings (SSSR count). The fourth-order valence-electron chi connectivity index (χ4n) is 3.21. The van der Waals surface area contributed by atoms with Crippen molar-refractivity contribution in [1.82, 2.24) is 4.72 Å². The van der Waals surface area contributed by atoms with Gasteiger partial charge >= 0.3 is 0 Å². The molecule has 116 valence electrons. The number of hydrogen-bond acceptors (Lipinski definition) is 4. The van der Waals surface area contributed by atoms with Crippen molar-refractivity contribution < 1.29 is 13.2 Å². The highest BCUT2D eigenvalue weighted by Crippen LogP contribution is 2.38. The van der Waals surface area contributed by atoms with E-state index < -0.39 is 10.0 Å². The van der Waals surface area contributed by atoms with Crippen LogP contribution in [0.3, 0.4) is 0 Å². The van der Waals surface area contributed by atoms with Gasteiger partial charge < -0.3 is 10.5 Å². The van der Waals surface area contributed by atoms with E-state index in [9.17, 15) is 8.42 Å². The van der Waals surface area contributed by atoms with Gasteiger partial charge in [0.05, 0.1) is 17.0 Å². The summed E-state index contributed by atoms with van der Waals surface area (Å²) >= 11 is 6.00. The van der Waals surface area contributed by atoms with Gasteiger partial charge in [-0.2, -0.15) is 0 Å². The summed E-state index contributed by atoms with van der Waals surface area (Å²) in [5.41, 5.74) is 6.64. The molecule has 3 N–H and O–H groups in total. The van der Waals surface area contributed by atoms with E-state index in [-0.39, 0.29) is 29.0 Å². The summed E-state index contributed by atoms with van der Waals surface area (Å²) in [7, 11) is -3.65. The number of benzene rings is 1. The number of nitrogens with two attached hydrogens (primary N) is 1. The molecule has 4 unspecified atom stereocenters. The lowest BCUT2D eigenvalue weighted by Crippen LogP contribution is -2.71. The second-order valence-corrected chi connectivity index (χ2v) is 7.82. The first-order valence-corrected chi connectivity index (χ1v) is 8.92. The number of ether oxygens (including phenoxy) is 1. The fourth-order valence-corrected chi connectivity index (χ4v) is 4.99. The molecule has 4 atom stereocenters. The second-order valence-electron chi connectivity index (χ2n) is 5.73. The Morgan fingerprint density at radius 2 is 2.19 bits per heavy atom. The standard InChI is InChI=1S/C14H19ClN2O3S/c1-8-10(15)5-2-6-11(8)21(18,19)17-13-12(16)9-4-3-7-20-14(9)13/h2,5-6,9,12-14,17H,3-4,7,16H2,1H3. The van der Waals surface area contributed by atoms with Gasteiger partial charge in [-0.3, -0.25) is 0 Å². The number of hydrogen-bond donors (Lipinski definition) is 2. The molecule has 1 aliphatic carbocycles. The molecule has 1 aromatic carbocycles. The summed E-state index contributed by atoms with van der Waals surface area (Å²) in [6.07, 6.45) is 1.88. The summed E-state index contributed by atoms with van der Waals surface area (Å²) in [4.78, 5) is 0.196. The molecule has 5 nitrogen and oxygen atoms in total. The smallest absolute Gasteiger partial charge is 0.241 e.